The van der Waals surface area contributed by atoms with E-state index in [1.54, 1.807) is 14.2 Å². The highest BCUT2D eigenvalue weighted by Gasteiger charge is 2.35. The van der Waals surface area contributed by atoms with Crippen molar-refractivity contribution >= 4 is 29.9 Å². The predicted molar refractivity (Wildman–Crippen MR) is 117 cm³/mol. The Hall–Kier alpha value is -1.18. The first-order valence-electron chi connectivity index (χ1n) is 9.41. The minimum atomic E-state index is 0. The van der Waals surface area contributed by atoms with Gasteiger partial charge < -0.3 is 19.7 Å². The fourth-order valence-corrected chi connectivity index (χ4v) is 4.30. The molecule has 2 unspecified atom stereocenters. The number of rotatable bonds is 5. The lowest BCUT2D eigenvalue weighted by Crippen LogP contribution is -2.41. The minimum absolute atomic E-state index is 0. The van der Waals surface area contributed by atoms with E-state index in [1.807, 2.05) is 25.2 Å². The number of hydrogen-bond acceptors (Lipinski definition) is 3. The zero-order chi connectivity index (χ0) is 17.6. The van der Waals surface area contributed by atoms with E-state index >= 15 is 0 Å². The average molecular weight is 473 g/mol. The van der Waals surface area contributed by atoms with Crippen LogP contribution in [0.5, 0.6) is 11.5 Å². The first-order chi connectivity index (χ1) is 12.2. The molecule has 3 rings (SSSR count). The summed E-state index contributed by atoms with van der Waals surface area (Å²) in [4.78, 5) is 6.96. The molecule has 26 heavy (non-hydrogen) atoms. The van der Waals surface area contributed by atoms with Gasteiger partial charge in [0.25, 0.3) is 0 Å². The van der Waals surface area contributed by atoms with Crippen molar-refractivity contribution in [2.45, 2.75) is 32.1 Å². The molecular formula is C20H32IN3O2. The molecule has 0 radical (unpaired) electrons. The molecule has 2 aliphatic rings. The van der Waals surface area contributed by atoms with Crippen LogP contribution in [0.2, 0.25) is 0 Å². The molecule has 1 aliphatic heterocycles. The number of nitrogens with zero attached hydrogens (tertiary/aromatic N) is 2. The number of aliphatic imine (C=N–C) groups is 1. The second kappa shape index (κ2) is 10.2. The summed E-state index contributed by atoms with van der Waals surface area (Å²) in [6, 6.07) is 5.95. The third kappa shape index (κ3) is 4.96. The van der Waals surface area contributed by atoms with Gasteiger partial charge >= 0.3 is 0 Å². The fourth-order valence-electron chi connectivity index (χ4n) is 4.30. The number of methoxy groups -OCH3 is 2. The Balaban J connectivity index is 0.00000243. The zero-order valence-corrected chi connectivity index (χ0v) is 18.5. The summed E-state index contributed by atoms with van der Waals surface area (Å²) in [6.07, 6.45) is 6.45. The highest BCUT2D eigenvalue weighted by atomic mass is 127. The lowest BCUT2D eigenvalue weighted by molar-refractivity contribution is 0.299. The van der Waals surface area contributed by atoms with Gasteiger partial charge in [-0.3, -0.25) is 4.99 Å². The summed E-state index contributed by atoms with van der Waals surface area (Å²) in [7, 11) is 5.29. The normalized spacial score (nSPS) is 22.4. The Morgan fingerprint density at radius 3 is 2.42 bits per heavy atom. The van der Waals surface area contributed by atoms with Crippen LogP contribution in [-0.2, 0) is 6.42 Å². The number of halogens is 1. The van der Waals surface area contributed by atoms with Crippen LogP contribution in [-0.4, -0.2) is 51.8 Å². The topological polar surface area (TPSA) is 46.1 Å². The van der Waals surface area contributed by atoms with Crippen molar-refractivity contribution < 1.29 is 9.47 Å². The lowest BCUT2D eigenvalue weighted by Gasteiger charge is -2.22. The van der Waals surface area contributed by atoms with Crippen LogP contribution >= 0.6 is 24.0 Å². The molecule has 1 aromatic carbocycles. The van der Waals surface area contributed by atoms with Crippen LogP contribution in [0.3, 0.4) is 0 Å². The van der Waals surface area contributed by atoms with Gasteiger partial charge in [0, 0.05) is 26.7 Å². The zero-order valence-electron chi connectivity index (χ0n) is 16.2. The van der Waals surface area contributed by atoms with Crippen LogP contribution in [0.4, 0.5) is 0 Å². The Morgan fingerprint density at radius 2 is 1.85 bits per heavy atom. The molecular weight excluding hydrogens is 441 g/mol. The van der Waals surface area contributed by atoms with Crippen molar-refractivity contribution in [2.24, 2.45) is 16.8 Å². The molecule has 5 nitrogen and oxygen atoms in total. The molecule has 146 valence electrons. The molecule has 1 saturated heterocycles. The van der Waals surface area contributed by atoms with Crippen LogP contribution in [0, 0.1) is 11.8 Å². The van der Waals surface area contributed by atoms with Gasteiger partial charge in [-0.1, -0.05) is 12.8 Å². The van der Waals surface area contributed by atoms with Crippen molar-refractivity contribution in [3.8, 4) is 11.5 Å². The van der Waals surface area contributed by atoms with E-state index in [9.17, 15) is 0 Å². The first-order valence-corrected chi connectivity index (χ1v) is 9.41. The maximum Gasteiger partial charge on any atom is 0.193 e. The SMILES string of the molecule is CN=C(NCCc1cc(OC)ccc1OC)N1CC2CCCCC2C1.I. The second-order valence-electron chi connectivity index (χ2n) is 7.11. The van der Waals surface area contributed by atoms with Crippen molar-refractivity contribution in [1.82, 2.24) is 10.2 Å². The Morgan fingerprint density at radius 1 is 1.15 bits per heavy atom. The molecule has 0 aromatic heterocycles. The summed E-state index contributed by atoms with van der Waals surface area (Å²) in [6.45, 7) is 3.15. The number of nitrogens with one attached hydrogen (secondary N) is 1. The van der Waals surface area contributed by atoms with E-state index in [4.69, 9.17) is 9.47 Å². The number of ether oxygens (including phenoxy) is 2. The van der Waals surface area contributed by atoms with E-state index < -0.39 is 0 Å². The molecule has 2 atom stereocenters. The van der Waals surface area contributed by atoms with Crippen LogP contribution < -0.4 is 14.8 Å². The Labute approximate surface area is 174 Å². The molecule has 0 bridgehead atoms. The lowest BCUT2D eigenvalue weighted by atomic mass is 9.82. The molecule has 6 heteroatoms. The summed E-state index contributed by atoms with van der Waals surface area (Å²) in [5, 5.41) is 3.54. The van der Waals surface area contributed by atoms with Gasteiger partial charge in [-0.15, -0.1) is 24.0 Å². The quantitative estimate of drug-likeness (QED) is 0.404. The van der Waals surface area contributed by atoms with Crippen LogP contribution in [0.1, 0.15) is 31.2 Å². The predicted octanol–water partition coefficient (Wildman–Crippen LogP) is 3.56. The van der Waals surface area contributed by atoms with E-state index in [0.29, 0.717) is 0 Å². The molecule has 2 fully saturated rings. The van der Waals surface area contributed by atoms with E-state index in [-0.39, 0.29) is 24.0 Å². The van der Waals surface area contributed by atoms with Gasteiger partial charge in [-0.05, 0) is 54.9 Å². The maximum atomic E-state index is 5.47. The third-order valence-electron chi connectivity index (χ3n) is 5.65. The number of hydrogen-bond donors (Lipinski definition) is 1. The van der Waals surface area contributed by atoms with Crippen molar-refractivity contribution in [1.29, 1.82) is 0 Å². The average Bonchev–Trinajstić information content (AvgIpc) is 3.08. The van der Waals surface area contributed by atoms with E-state index in [1.165, 1.54) is 25.7 Å². The monoisotopic (exact) mass is 473 g/mol. The standard InChI is InChI=1S/C20H31N3O2.HI/c1-21-20(23-13-16-6-4-5-7-17(16)14-23)22-11-10-15-12-18(24-2)8-9-19(15)25-3;/h8-9,12,16-17H,4-7,10-11,13-14H2,1-3H3,(H,21,22);1H. The van der Waals surface area contributed by atoms with E-state index in [0.717, 1.165) is 60.9 Å². The molecule has 1 N–H and O–H groups in total. The largest absolute Gasteiger partial charge is 0.497 e. The van der Waals surface area contributed by atoms with Crippen LogP contribution in [0.25, 0.3) is 0 Å². The van der Waals surface area contributed by atoms with E-state index in [2.05, 4.69) is 15.2 Å². The van der Waals surface area contributed by atoms with Crippen molar-refractivity contribution in [2.75, 3.05) is 40.9 Å². The molecule has 1 heterocycles. The summed E-state index contributed by atoms with van der Waals surface area (Å²) in [5.74, 6) is 4.54. The fraction of sp³-hybridized carbons (Fsp3) is 0.650. The number of benzene rings is 1. The smallest absolute Gasteiger partial charge is 0.193 e. The minimum Gasteiger partial charge on any atom is -0.497 e. The molecule has 0 amide bonds. The van der Waals surface area contributed by atoms with Gasteiger partial charge in [0.2, 0.25) is 0 Å². The third-order valence-corrected chi connectivity index (χ3v) is 5.65. The van der Waals surface area contributed by atoms with Crippen molar-refractivity contribution in [3.63, 3.8) is 0 Å². The van der Waals surface area contributed by atoms with Crippen LogP contribution in [0.15, 0.2) is 23.2 Å². The van der Waals surface area contributed by atoms with Gasteiger partial charge in [0.15, 0.2) is 5.96 Å². The summed E-state index contributed by atoms with van der Waals surface area (Å²) < 4.78 is 10.8. The summed E-state index contributed by atoms with van der Waals surface area (Å²) in [5.41, 5.74) is 1.15. The first kappa shape index (κ1) is 21.1. The Bertz CT molecular complexity index is 595. The van der Waals surface area contributed by atoms with Crippen molar-refractivity contribution in [3.05, 3.63) is 23.8 Å². The number of fused-ring (bicyclic) bond motifs is 1. The molecule has 1 aliphatic carbocycles. The highest BCUT2D eigenvalue weighted by Crippen LogP contribution is 2.35. The maximum absolute atomic E-state index is 5.47. The highest BCUT2D eigenvalue weighted by molar-refractivity contribution is 14.0. The number of guanidine groups is 1. The number of likely N-dealkylation sites (tertiary alicyclic amines) is 1. The summed E-state index contributed by atoms with van der Waals surface area (Å²) >= 11 is 0. The van der Waals surface area contributed by atoms with Gasteiger partial charge in [0.05, 0.1) is 14.2 Å². The molecule has 1 aromatic rings. The molecule has 1 saturated carbocycles. The second-order valence-corrected chi connectivity index (χ2v) is 7.11. The Kier molecular flexibility index (Phi) is 8.31. The van der Waals surface area contributed by atoms with Gasteiger partial charge in [0.1, 0.15) is 11.5 Å². The van der Waals surface area contributed by atoms with Gasteiger partial charge in [-0.2, -0.15) is 0 Å². The van der Waals surface area contributed by atoms with Gasteiger partial charge in [-0.25, -0.2) is 0 Å². The molecule has 0 spiro atoms.